The summed E-state index contributed by atoms with van der Waals surface area (Å²) in [6.45, 7) is 1.49. The maximum absolute atomic E-state index is 13.6. The summed E-state index contributed by atoms with van der Waals surface area (Å²) in [6.07, 6.45) is 8.69. The van der Waals surface area contributed by atoms with Crippen LogP contribution >= 0.6 is 23.4 Å². The zero-order valence-corrected chi connectivity index (χ0v) is 12.9. The monoisotopic (exact) mass is 301 g/mol. The molecule has 0 amide bonds. The first-order valence-corrected chi connectivity index (χ1v) is 8.45. The third-order valence-corrected chi connectivity index (χ3v) is 5.62. The molecule has 0 aromatic heterocycles. The fraction of sp³-hybridized carbons (Fsp3) is 0.600. The third kappa shape index (κ3) is 4.11. The lowest BCUT2D eigenvalue weighted by atomic mass is 9.88. The molecule has 1 nitrogen and oxygen atoms in total. The predicted octanol–water partition coefficient (Wildman–Crippen LogP) is 4.63. The van der Waals surface area contributed by atoms with Gasteiger partial charge in [0.05, 0.1) is 0 Å². The first kappa shape index (κ1) is 15.1. The van der Waals surface area contributed by atoms with Crippen LogP contribution in [0, 0.1) is 5.82 Å². The molecule has 106 valence electrons. The van der Waals surface area contributed by atoms with Gasteiger partial charge in [0.2, 0.25) is 0 Å². The molecule has 1 saturated carbocycles. The van der Waals surface area contributed by atoms with Gasteiger partial charge >= 0.3 is 0 Å². The highest BCUT2D eigenvalue weighted by Gasteiger charge is 2.30. The van der Waals surface area contributed by atoms with Gasteiger partial charge in [0, 0.05) is 28.4 Å². The van der Waals surface area contributed by atoms with Crippen molar-refractivity contribution in [3.63, 3.8) is 0 Å². The van der Waals surface area contributed by atoms with Crippen molar-refractivity contribution in [3.05, 3.63) is 34.6 Å². The molecular weight excluding hydrogens is 281 g/mol. The molecule has 0 aliphatic heterocycles. The molecule has 1 aliphatic carbocycles. The highest BCUT2D eigenvalue weighted by atomic mass is 35.5. The van der Waals surface area contributed by atoms with E-state index in [0.29, 0.717) is 21.9 Å². The highest BCUT2D eigenvalue weighted by molar-refractivity contribution is 8.00. The first-order valence-electron chi connectivity index (χ1n) is 6.85. The van der Waals surface area contributed by atoms with E-state index in [2.05, 4.69) is 11.6 Å². The van der Waals surface area contributed by atoms with Crippen molar-refractivity contribution in [2.45, 2.75) is 43.4 Å². The van der Waals surface area contributed by atoms with Crippen molar-refractivity contribution in [2.75, 3.05) is 12.8 Å². The zero-order valence-electron chi connectivity index (χ0n) is 11.3. The molecule has 0 unspecified atom stereocenters. The van der Waals surface area contributed by atoms with Crippen LogP contribution in [0.2, 0.25) is 5.02 Å². The Kier molecular flexibility index (Phi) is 5.55. The number of nitrogens with one attached hydrogen (secondary N) is 1. The van der Waals surface area contributed by atoms with Crippen molar-refractivity contribution < 1.29 is 4.39 Å². The van der Waals surface area contributed by atoms with Crippen molar-refractivity contribution in [3.8, 4) is 0 Å². The molecule has 0 radical (unpaired) electrons. The van der Waals surface area contributed by atoms with Gasteiger partial charge in [0.25, 0.3) is 0 Å². The molecule has 1 aromatic rings. The highest BCUT2D eigenvalue weighted by Crippen LogP contribution is 2.38. The fourth-order valence-corrected chi connectivity index (χ4v) is 3.89. The zero-order chi connectivity index (χ0) is 13.7. The Balaban J connectivity index is 1.90. The maximum atomic E-state index is 13.6. The Bertz CT molecular complexity index is 419. The van der Waals surface area contributed by atoms with E-state index in [1.54, 1.807) is 12.1 Å². The summed E-state index contributed by atoms with van der Waals surface area (Å²) in [5.74, 6) is -0.182. The summed E-state index contributed by atoms with van der Waals surface area (Å²) in [5, 5.41) is 4.00. The summed E-state index contributed by atoms with van der Waals surface area (Å²) < 4.78 is 13.9. The van der Waals surface area contributed by atoms with Gasteiger partial charge in [-0.15, -0.1) is 0 Å². The van der Waals surface area contributed by atoms with E-state index in [9.17, 15) is 4.39 Å². The Hall–Kier alpha value is -0.250. The molecule has 0 saturated heterocycles. The van der Waals surface area contributed by atoms with Gasteiger partial charge in [-0.1, -0.05) is 30.9 Å². The second-order valence-corrected chi connectivity index (χ2v) is 7.00. The van der Waals surface area contributed by atoms with Crippen LogP contribution in [0.25, 0.3) is 0 Å². The van der Waals surface area contributed by atoms with Crippen LogP contribution in [-0.4, -0.2) is 17.5 Å². The summed E-state index contributed by atoms with van der Waals surface area (Å²) in [6, 6.07) is 4.73. The summed E-state index contributed by atoms with van der Waals surface area (Å²) in [4.78, 5) is 0. The number of halogens is 2. The van der Waals surface area contributed by atoms with E-state index in [0.717, 1.165) is 6.54 Å². The lowest BCUT2D eigenvalue weighted by Crippen LogP contribution is -2.39. The smallest absolute Gasteiger partial charge is 0.127 e. The van der Waals surface area contributed by atoms with Crippen LogP contribution in [0.3, 0.4) is 0 Å². The molecule has 1 fully saturated rings. The van der Waals surface area contributed by atoms with Crippen LogP contribution in [0.5, 0.6) is 0 Å². The Morgan fingerprint density at radius 3 is 2.74 bits per heavy atom. The number of thioether (sulfide) groups is 1. The number of hydrogen-bond donors (Lipinski definition) is 1. The van der Waals surface area contributed by atoms with E-state index in [-0.39, 0.29) is 5.82 Å². The standard InChI is InChI=1S/C15H21ClFNS/c1-19-15(7-3-2-4-8-15)11-18-10-12-9-13(16)5-6-14(12)17/h5-6,9,18H,2-4,7-8,10-11H2,1H3. The minimum atomic E-state index is -0.182. The molecule has 0 spiro atoms. The number of rotatable bonds is 5. The average molecular weight is 302 g/mol. The lowest BCUT2D eigenvalue weighted by molar-refractivity contribution is 0.378. The third-order valence-electron chi connectivity index (χ3n) is 3.97. The number of hydrogen-bond acceptors (Lipinski definition) is 2. The van der Waals surface area contributed by atoms with E-state index >= 15 is 0 Å². The lowest BCUT2D eigenvalue weighted by Gasteiger charge is -2.36. The van der Waals surface area contributed by atoms with Crippen molar-refractivity contribution >= 4 is 23.4 Å². The van der Waals surface area contributed by atoms with Crippen LogP contribution in [-0.2, 0) is 6.54 Å². The Labute approximate surface area is 124 Å². The van der Waals surface area contributed by atoms with Gasteiger partial charge in [0.15, 0.2) is 0 Å². The molecule has 0 bridgehead atoms. The van der Waals surface area contributed by atoms with E-state index in [4.69, 9.17) is 11.6 Å². The van der Waals surface area contributed by atoms with Crippen molar-refractivity contribution in [2.24, 2.45) is 0 Å². The Morgan fingerprint density at radius 2 is 2.05 bits per heavy atom. The molecule has 0 heterocycles. The summed E-state index contributed by atoms with van der Waals surface area (Å²) in [5.41, 5.74) is 0.652. The van der Waals surface area contributed by atoms with Gasteiger partial charge in [-0.25, -0.2) is 4.39 Å². The molecule has 2 rings (SSSR count). The largest absolute Gasteiger partial charge is 0.311 e. The summed E-state index contributed by atoms with van der Waals surface area (Å²) in [7, 11) is 0. The normalized spacial score (nSPS) is 18.5. The SMILES string of the molecule is CSC1(CNCc2cc(Cl)ccc2F)CCCCC1. The molecule has 1 aliphatic rings. The van der Waals surface area contributed by atoms with Gasteiger partial charge in [0.1, 0.15) is 5.82 Å². The second kappa shape index (κ2) is 6.96. The van der Waals surface area contributed by atoms with Crippen LogP contribution in [0.15, 0.2) is 18.2 Å². The first-order chi connectivity index (χ1) is 9.15. The van der Waals surface area contributed by atoms with Crippen LogP contribution in [0.4, 0.5) is 4.39 Å². The van der Waals surface area contributed by atoms with Gasteiger partial charge in [-0.05, 0) is 37.3 Å². The number of benzene rings is 1. The van der Waals surface area contributed by atoms with Crippen molar-refractivity contribution in [1.29, 1.82) is 0 Å². The fourth-order valence-electron chi connectivity index (χ4n) is 2.75. The van der Waals surface area contributed by atoms with Gasteiger partial charge in [-0.2, -0.15) is 11.8 Å². The van der Waals surface area contributed by atoms with E-state index in [1.165, 1.54) is 38.2 Å². The maximum Gasteiger partial charge on any atom is 0.127 e. The van der Waals surface area contributed by atoms with E-state index in [1.807, 2.05) is 11.8 Å². The molecule has 1 aromatic carbocycles. The minimum absolute atomic E-state index is 0.182. The molecule has 0 atom stereocenters. The minimum Gasteiger partial charge on any atom is -0.311 e. The van der Waals surface area contributed by atoms with Crippen molar-refractivity contribution in [1.82, 2.24) is 5.32 Å². The molecule has 4 heteroatoms. The predicted molar refractivity (Wildman–Crippen MR) is 82.4 cm³/mol. The molecule has 1 N–H and O–H groups in total. The van der Waals surface area contributed by atoms with Crippen LogP contribution in [0.1, 0.15) is 37.7 Å². The summed E-state index contributed by atoms with van der Waals surface area (Å²) >= 11 is 7.85. The quantitative estimate of drug-likeness (QED) is 0.850. The molecule has 19 heavy (non-hydrogen) atoms. The van der Waals surface area contributed by atoms with Gasteiger partial charge in [-0.3, -0.25) is 0 Å². The molecular formula is C15H21ClFNS. The van der Waals surface area contributed by atoms with E-state index < -0.39 is 0 Å². The second-order valence-electron chi connectivity index (χ2n) is 5.29. The average Bonchev–Trinajstić information content (AvgIpc) is 2.44. The van der Waals surface area contributed by atoms with Crippen LogP contribution < -0.4 is 5.32 Å². The van der Waals surface area contributed by atoms with Gasteiger partial charge < -0.3 is 5.32 Å². The Morgan fingerprint density at radius 1 is 1.32 bits per heavy atom. The topological polar surface area (TPSA) is 12.0 Å².